The van der Waals surface area contributed by atoms with E-state index in [0.717, 1.165) is 18.4 Å². The van der Waals surface area contributed by atoms with Crippen molar-refractivity contribution in [2.45, 2.75) is 36.9 Å². The number of aromatic nitrogens is 2. The third kappa shape index (κ3) is 4.97. The van der Waals surface area contributed by atoms with Gasteiger partial charge in [-0.1, -0.05) is 11.2 Å². The number of nitrogen functional groups attached to an aromatic ring is 1. The fourth-order valence-electron chi connectivity index (χ4n) is 4.01. The van der Waals surface area contributed by atoms with Crippen LogP contribution in [0.5, 0.6) is 0 Å². The first kappa shape index (κ1) is 24.0. The van der Waals surface area contributed by atoms with Crippen LogP contribution in [0.1, 0.15) is 28.9 Å². The zero-order valence-electron chi connectivity index (χ0n) is 18.9. The number of thioether (sulfide) groups is 1. The highest BCUT2D eigenvalue weighted by atomic mass is 32.2. The molecule has 2 aliphatic heterocycles. The van der Waals surface area contributed by atoms with Gasteiger partial charge in [0.05, 0.1) is 5.56 Å². The Balaban J connectivity index is 1.24. The molecule has 0 radical (unpaired) electrons. The summed E-state index contributed by atoms with van der Waals surface area (Å²) in [7, 11) is 0. The minimum atomic E-state index is -0.981. The summed E-state index contributed by atoms with van der Waals surface area (Å²) in [5.74, 6) is -1.09. The molecule has 2 amide bonds. The Bertz CT molecular complexity index is 1290. The molecule has 5 rings (SSSR count). The largest absolute Gasteiger partial charge is 0.478 e. The number of rotatable bonds is 8. The van der Waals surface area contributed by atoms with E-state index in [1.165, 1.54) is 23.5 Å². The minimum absolute atomic E-state index is 0.0206. The fourth-order valence-corrected chi connectivity index (χ4v) is 5.81. The molecule has 0 bridgehead atoms. The van der Waals surface area contributed by atoms with Crippen molar-refractivity contribution in [1.29, 1.82) is 0 Å². The molecule has 13 heteroatoms. The molecular weight excluding hydrogens is 504 g/mol. The van der Waals surface area contributed by atoms with Gasteiger partial charge in [-0.15, -0.1) is 23.1 Å². The van der Waals surface area contributed by atoms with Crippen molar-refractivity contribution in [3.63, 3.8) is 0 Å². The number of carboxylic acid groups (broad SMARTS) is 1. The van der Waals surface area contributed by atoms with Crippen LogP contribution < -0.4 is 15.6 Å². The summed E-state index contributed by atoms with van der Waals surface area (Å²) in [6.45, 7) is 0.523. The molecule has 0 saturated carbocycles. The number of carboxylic acids is 1. The maximum Gasteiger partial charge on any atom is 0.336 e. The highest BCUT2D eigenvalue weighted by molar-refractivity contribution is 8.00. The molecule has 2 aromatic rings. The highest BCUT2D eigenvalue weighted by Crippen LogP contribution is 2.36. The van der Waals surface area contributed by atoms with Gasteiger partial charge in [-0.3, -0.25) is 9.59 Å². The van der Waals surface area contributed by atoms with E-state index in [1.807, 2.05) is 16.7 Å². The summed E-state index contributed by atoms with van der Waals surface area (Å²) < 4.78 is 1.85. The molecule has 1 aliphatic carbocycles. The Hall–Kier alpha value is -3.71. The summed E-state index contributed by atoms with van der Waals surface area (Å²) in [6.07, 6.45) is 10.5. The SMILES string of the molecule is Nc1nc(/C(=N/OC2C=CCC2)C(=O)NC2C(=O)N3C=C(C[n+]4ccc(C(=O)O)cc4)CS[C@H]23)cs1. The van der Waals surface area contributed by atoms with E-state index in [-0.39, 0.29) is 28.7 Å². The molecule has 4 heterocycles. The summed E-state index contributed by atoms with van der Waals surface area (Å²) in [5, 5.41) is 17.6. The van der Waals surface area contributed by atoms with Crippen molar-refractivity contribution in [2.24, 2.45) is 5.16 Å². The topological polar surface area (TPSA) is 151 Å². The smallest absolute Gasteiger partial charge is 0.336 e. The first-order valence-electron chi connectivity index (χ1n) is 11.2. The Kier molecular flexibility index (Phi) is 6.74. The monoisotopic (exact) mass is 527 g/mol. The van der Waals surface area contributed by atoms with E-state index in [2.05, 4.69) is 15.5 Å². The lowest BCUT2D eigenvalue weighted by Crippen LogP contribution is -2.69. The molecule has 1 fully saturated rings. The lowest BCUT2D eigenvalue weighted by atomic mass is 10.1. The predicted octanol–water partition coefficient (Wildman–Crippen LogP) is 1.13. The van der Waals surface area contributed by atoms with Crippen LogP contribution in [-0.2, 0) is 21.0 Å². The predicted molar refractivity (Wildman–Crippen MR) is 133 cm³/mol. The van der Waals surface area contributed by atoms with Crippen LogP contribution in [0.3, 0.4) is 0 Å². The van der Waals surface area contributed by atoms with Crippen LogP contribution in [0.2, 0.25) is 0 Å². The molecular formula is C23H23N6O5S2+. The number of fused-ring (bicyclic) bond motifs is 1. The first-order chi connectivity index (χ1) is 17.4. The third-order valence-corrected chi connectivity index (χ3v) is 7.93. The number of oxime groups is 1. The molecule has 2 unspecified atom stereocenters. The lowest BCUT2D eigenvalue weighted by Gasteiger charge is -2.47. The lowest BCUT2D eigenvalue weighted by molar-refractivity contribution is -0.689. The molecule has 1 saturated heterocycles. The number of nitrogens with one attached hydrogen (secondary N) is 1. The minimum Gasteiger partial charge on any atom is -0.478 e. The number of carbonyl (C=O) groups is 3. The standard InChI is InChI=1S/C23H22N6O5S2/c24-23-25-16(12-36-23)17(27-34-15-3-1-2-4-15)19(30)26-18-20(31)29-10-13(11-35-21(18)29)9-28-7-5-14(6-8-28)22(32)33/h1,3,5-8,10,12,15,18,21H,2,4,9,11H2,(H3-,24,25,26,30,32,33)/p+1/b27-17-/t15?,18?,21-/m1/s1. The van der Waals surface area contributed by atoms with Gasteiger partial charge in [-0.2, -0.15) is 0 Å². The number of amides is 2. The number of allylic oxidation sites excluding steroid dienone is 1. The molecule has 4 N–H and O–H groups in total. The number of hydrogen-bond acceptors (Lipinski definition) is 9. The Morgan fingerprint density at radius 3 is 2.83 bits per heavy atom. The van der Waals surface area contributed by atoms with E-state index in [4.69, 9.17) is 15.7 Å². The van der Waals surface area contributed by atoms with Gasteiger partial charge in [0.2, 0.25) is 0 Å². The van der Waals surface area contributed by atoms with E-state index in [9.17, 15) is 14.4 Å². The molecule has 11 nitrogen and oxygen atoms in total. The highest BCUT2D eigenvalue weighted by Gasteiger charge is 2.50. The summed E-state index contributed by atoms with van der Waals surface area (Å²) in [5.41, 5.74) is 7.23. The van der Waals surface area contributed by atoms with Gasteiger partial charge in [-0.05, 0) is 18.9 Å². The van der Waals surface area contributed by atoms with Gasteiger partial charge in [0.15, 0.2) is 29.8 Å². The van der Waals surface area contributed by atoms with Crippen molar-refractivity contribution in [3.8, 4) is 0 Å². The van der Waals surface area contributed by atoms with Crippen molar-refractivity contribution in [1.82, 2.24) is 15.2 Å². The number of nitrogens with two attached hydrogens (primary N) is 1. The van der Waals surface area contributed by atoms with Crippen LogP contribution in [0.4, 0.5) is 5.13 Å². The van der Waals surface area contributed by atoms with Crippen LogP contribution in [-0.4, -0.2) is 61.8 Å². The second-order valence-corrected chi connectivity index (χ2v) is 10.4. The number of hydrogen-bond donors (Lipinski definition) is 3. The van der Waals surface area contributed by atoms with Crippen molar-refractivity contribution < 1.29 is 28.9 Å². The normalized spacial score (nSPS) is 23.1. The number of carbonyl (C=O) groups excluding carboxylic acids is 2. The van der Waals surface area contributed by atoms with Gasteiger partial charge in [0.25, 0.3) is 11.8 Å². The third-order valence-electron chi connectivity index (χ3n) is 5.88. The Morgan fingerprint density at radius 1 is 1.36 bits per heavy atom. The molecule has 3 atom stereocenters. The fraction of sp³-hybridized carbons (Fsp3) is 0.304. The van der Waals surface area contributed by atoms with Crippen LogP contribution in [0.25, 0.3) is 0 Å². The van der Waals surface area contributed by atoms with Crippen molar-refractivity contribution in [3.05, 3.63) is 65.1 Å². The van der Waals surface area contributed by atoms with Crippen LogP contribution in [0.15, 0.2) is 59.0 Å². The van der Waals surface area contributed by atoms with Gasteiger partial charge in [0.1, 0.15) is 23.2 Å². The number of pyridine rings is 1. The summed E-state index contributed by atoms with van der Waals surface area (Å²) in [4.78, 5) is 48.3. The van der Waals surface area contributed by atoms with Gasteiger partial charge in [0, 0.05) is 35.0 Å². The molecule has 0 aromatic carbocycles. The average molecular weight is 528 g/mol. The van der Waals surface area contributed by atoms with Crippen molar-refractivity contribution in [2.75, 3.05) is 11.5 Å². The number of thiazole rings is 1. The zero-order chi connectivity index (χ0) is 25.2. The Morgan fingerprint density at radius 2 is 2.17 bits per heavy atom. The number of aromatic carboxylic acids is 1. The maximum absolute atomic E-state index is 13.1. The maximum atomic E-state index is 13.1. The first-order valence-corrected chi connectivity index (χ1v) is 13.1. The molecule has 36 heavy (non-hydrogen) atoms. The van der Waals surface area contributed by atoms with E-state index in [1.54, 1.807) is 40.6 Å². The van der Waals surface area contributed by atoms with Gasteiger partial charge in [-0.25, -0.2) is 14.3 Å². The molecule has 3 aliphatic rings. The second-order valence-electron chi connectivity index (χ2n) is 8.41. The summed E-state index contributed by atoms with van der Waals surface area (Å²) in [6, 6.07) is 2.36. The number of nitrogens with zero attached hydrogens (tertiary/aromatic N) is 4. The summed E-state index contributed by atoms with van der Waals surface area (Å²) >= 11 is 2.74. The average Bonchev–Trinajstić information content (AvgIpc) is 3.55. The van der Waals surface area contributed by atoms with E-state index >= 15 is 0 Å². The second kappa shape index (κ2) is 10.1. The molecule has 186 valence electrons. The molecule has 2 aromatic heterocycles. The van der Waals surface area contributed by atoms with Crippen LogP contribution in [0, 0.1) is 0 Å². The van der Waals surface area contributed by atoms with Gasteiger partial charge < -0.3 is 25.9 Å². The van der Waals surface area contributed by atoms with E-state index < -0.39 is 17.9 Å². The number of anilines is 1. The number of β-lactam (4-membered cyclic amide) rings is 1. The Labute approximate surface area is 214 Å². The van der Waals surface area contributed by atoms with Crippen molar-refractivity contribution >= 4 is 51.7 Å². The van der Waals surface area contributed by atoms with Gasteiger partial charge >= 0.3 is 5.97 Å². The quantitative estimate of drug-likeness (QED) is 0.152. The van der Waals surface area contributed by atoms with Crippen LogP contribution >= 0.6 is 23.1 Å². The van der Waals surface area contributed by atoms with E-state index in [0.29, 0.717) is 23.1 Å². The zero-order valence-corrected chi connectivity index (χ0v) is 20.6. The molecule has 0 spiro atoms.